The van der Waals surface area contributed by atoms with Gasteiger partial charge in [0.05, 0.1) is 18.6 Å². The smallest absolute Gasteiger partial charge is 0.341 e. The van der Waals surface area contributed by atoms with Crippen molar-refractivity contribution in [3.63, 3.8) is 0 Å². The van der Waals surface area contributed by atoms with Crippen molar-refractivity contribution >= 4 is 79.1 Å². The molecule has 28 heavy (non-hydrogen) atoms. The number of benzene rings is 2. The molecule has 1 fully saturated rings. The first-order valence-electron chi connectivity index (χ1n) is 8.02. The van der Waals surface area contributed by atoms with Crippen LogP contribution in [0.4, 0.5) is 5.69 Å². The molecule has 0 aromatic heterocycles. The normalized spacial score (nSPS) is 16.5. The molecular weight excluding hydrogens is 559 g/mol. The summed E-state index contributed by atoms with van der Waals surface area (Å²) in [7, 11) is 0. The Kier molecular flexibility index (Phi) is 6.78. The number of amides is 1. The van der Waals surface area contributed by atoms with Crippen LogP contribution in [-0.2, 0) is 9.59 Å². The topological polar surface area (TPSA) is 88.0 Å². The highest BCUT2D eigenvalue weighted by atomic mass is 127. The Morgan fingerprint density at radius 2 is 2.07 bits per heavy atom. The van der Waals surface area contributed by atoms with Gasteiger partial charge in [-0.15, -0.1) is 0 Å². The maximum absolute atomic E-state index is 12.3. The zero-order valence-corrected chi connectivity index (χ0v) is 19.1. The minimum Gasteiger partial charge on any atom is -0.480 e. The summed E-state index contributed by atoms with van der Waals surface area (Å²) in [6, 6.07) is 11.3. The largest absolute Gasteiger partial charge is 0.480 e. The van der Waals surface area contributed by atoms with Gasteiger partial charge in [0.25, 0.3) is 5.91 Å². The minimum absolute atomic E-state index is 0.215. The van der Waals surface area contributed by atoms with Crippen LogP contribution in [0.5, 0.6) is 5.75 Å². The fourth-order valence-corrected chi connectivity index (χ4v) is 4.91. The molecule has 144 valence electrons. The summed E-state index contributed by atoms with van der Waals surface area (Å²) in [6.07, 6.45) is 1.76. The van der Waals surface area contributed by atoms with E-state index < -0.39 is 12.6 Å². The van der Waals surface area contributed by atoms with Crippen molar-refractivity contribution in [3.05, 3.63) is 60.5 Å². The number of nitrogens with one attached hydrogen (secondary N) is 1. The molecule has 0 saturated carbocycles. The number of aliphatic imine (C=N–C) groups is 1. The van der Waals surface area contributed by atoms with Gasteiger partial charge < -0.3 is 15.2 Å². The van der Waals surface area contributed by atoms with Crippen LogP contribution >= 0.6 is 50.3 Å². The van der Waals surface area contributed by atoms with E-state index >= 15 is 0 Å². The van der Waals surface area contributed by atoms with Gasteiger partial charge in [-0.1, -0.05) is 17.7 Å². The quantitative estimate of drug-likeness (QED) is 0.400. The van der Waals surface area contributed by atoms with Gasteiger partial charge in [-0.05, 0) is 93.1 Å². The first kappa shape index (κ1) is 20.9. The molecule has 1 aliphatic heterocycles. The molecule has 0 bridgehead atoms. The van der Waals surface area contributed by atoms with Crippen LogP contribution in [0.25, 0.3) is 6.08 Å². The summed E-state index contributed by atoms with van der Waals surface area (Å²) in [6.45, 7) is 1.58. The summed E-state index contributed by atoms with van der Waals surface area (Å²) < 4.78 is 6.64. The number of aryl methyl sites for hydroxylation is 1. The molecular formula is C19H14BrIN2O4S. The molecule has 6 nitrogen and oxygen atoms in total. The van der Waals surface area contributed by atoms with Gasteiger partial charge in [0.2, 0.25) is 0 Å². The second-order valence-electron chi connectivity index (χ2n) is 5.81. The molecule has 1 heterocycles. The summed E-state index contributed by atoms with van der Waals surface area (Å²) in [5.41, 5.74) is 2.70. The van der Waals surface area contributed by atoms with Gasteiger partial charge in [0.1, 0.15) is 5.75 Å². The Balaban J connectivity index is 1.80. The highest BCUT2D eigenvalue weighted by Gasteiger charge is 2.24. The van der Waals surface area contributed by atoms with Gasteiger partial charge in [-0.25, -0.2) is 9.79 Å². The standard InChI is InChI=1S/C19H14BrIN2O4S/c1-10-2-4-12(5-3-10)22-19-23-18(26)15(28-19)8-11-6-13(20)17(14(21)7-11)27-9-16(24)25/h2-8H,9H2,1H3,(H,24,25)(H,22,23,26)/b15-8+. The first-order valence-corrected chi connectivity index (χ1v) is 10.7. The molecule has 0 aliphatic carbocycles. The third kappa shape index (κ3) is 5.36. The fourth-order valence-electron chi connectivity index (χ4n) is 2.30. The van der Waals surface area contributed by atoms with E-state index in [0.717, 1.165) is 20.4 Å². The lowest BCUT2D eigenvalue weighted by Crippen LogP contribution is -2.19. The van der Waals surface area contributed by atoms with E-state index in [4.69, 9.17) is 9.84 Å². The Bertz CT molecular complexity index is 982. The van der Waals surface area contributed by atoms with E-state index in [-0.39, 0.29) is 5.91 Å². The number of halogens is 2. The molecule has 2 aromatic rings. The van der Waals surface area contributed by atoms with Crippen molar-refractivity contribution < 1.29 is 19.4 Å². The highest BCUT2D eigenvalue weighted by Crippen LogP contribution is 2.34. The SMILES string of the molecule is Cc1ccc(N=C2NC(=O)/C(=C\c3cc(Br)c(OCC(=O)O)c(I)c3)S2)cc1. The van der Waals surface area contributed by atoms with Crippen molar-refractivity contribution in [2.24, 2.45) is 4.99 Å². The lowest BCUT2D eigenvalue weighted by Gasteiger charge is -2.09. The van der Waals surface area contributed by atoms with Crippen molar-refractivity contribution in [2.45, 2.75) is 6.92 Å². The second kappa shape index (κ2) is 9.10. The lowest BCUT2D eigenvalue weighted by atomic mass is 10.2. The number of rotatable bonds is 5. The van der Waals surface area contributed by atoms with Gasteiger partial charge in [0.15, 0.2) is 11.8 Å². The number of carbonyl (C=O) groups is 2. The summed E-state index contributed by atoms with van der Waals surface area (Å²) in [5.74, 6) is -0.809. The van der Waals surface area contributed by atoms with Gasteiger partial charge in [-0.2, -0.15) is 0 Å². The average molecular weight is 573 g/mol. The Labute approximate surface area is 187 Å². The van der Waals surface area contributed by atoms with Gasteiger partial charge in [-0.3, -0.25) is 4.79 Å². The number of ether oxygens (including phenoxy) is 1. The fraction of sp³-hybridized carbons (Fsp3) is 0.105. The van der Waals surface area contributed by atoms with Crippen LogP contribution < -0.4 is 10.1 Å². The zero-order valence-electron chi connectivity index (χ0n) is 14.5. The number of hydrogen-bond donors (Lipinski definition) is 2. The number of thioether (sulfide) groups is 1. The summed E-state index contributed by atoms with van der Waals surface area (Å²) in [5, 5.41) is 12.0. The van der Waals surface area contributed by atoms with Crippen LogP contribution in [-0.4, -0.2) is 28.8 Å². The molecule has 2 aromatic carbocycles. The zero-order chi connectivity index (χ0) is 20.3. The van der Waals surface area contributed by atoms with Crippen LogP contribution in [0.1, 0.15) is 11.1 Å². The Morgan fingerprint density at radius 1 is 1.36 bits per heavy atom. The highest BCUT2D eigenvalue weighted by molar-refractivity contribution is 14.1. The predicted octanol–water partition coefficient (Wildman–Crippen LogP) is 4.72. The molecule has 1 aliphatic rings. The minimum atomic E-state index is -1.05. The molecule has 0 atom stereocenters. The van der Waals surface area contributed by atoms with E-state index in [9.17, 15) is 9.59 Å². The lowest BCUT2D eigenvalue weighted by molar-refractivity contribution is -0.139. The number of carboxylic acid groups (broad SMARTS) is 1. The van der Waals surface area contributed by atoms with Crippen LogP contribution in [0.2, 0.25) is 0 Å². The molecule has 0 radical (unpaired) electrons. The molecule has 1 amide bonds. The van der Waals surface area contributed by atoms with Crippen molar-refractivity contribution in [1.82, 2.24) is 5.32 Å². The van der Waals surface area contributed by atoms with Gasteiger partial charge >= 0.3 is 5.97 Å². The van der Waals surface area contributed by atoms with E-state index in [1.807, 2.05) is 37.3 Å². The van der Waals surface area contributed by atoms with E-state index in [1.165, 1.54) is 11.8 Å². The van der Waals surface area contributed by atoms with E-state index in [2.05, 4.69) is 48.8 Å². The van der Waals surface area contributed by atoms with Crippen LogP contribution in [0, 0.1) is 10.5 Å². The molecule has 0 unspecified atom stereocenters. The molecule has 0 spiro atoms. The average Bonchev–Trinajstić information content (AvgIpc) is 2.95. The maximum Gasteiger partial charge on any atom is 0.341 e. The number of carboxylic acids is 1. The summed E-state index contributed by atoms with van der Waals surface area (Å²) in [4.78, 5) is 27.9. The van der Waals surface area contributed by atoms with E-state index in [0.29, 0.717) is 20.3 Å². The van der Waals surface area contributed by atoms with Crippen LogP contribution in [0.15, 0.2) is 50.8 Å². The summed E-state index contributed by atoms with van der Waals surface area (Å²) >= 11 is 6.72. The number of aliphatic carboxylic acids is 1. The number of hydrogen-bond acceptors (Lipinski definition) is 5. The number of carbonyl (C=O) groups excluding carboxylic acids is 1. The predicted molar refractivity (Wildman–Crippen MR) is 122 cm³/mol. The first-order chi connectivity index (χ1) is 13.3. The van der Waals surface area contributed by atoms with Crippen LogP contribution in [0.3, 0.4) is 0 Å². The Hall–Kier alpha value is -1.85. The van der Waals surface area contributed by atoms with Crippen molar-refractivity contribution in [2.75, 3.05) is 6.61 Å². The van der Waals surface area contributed by atoms with E-state index in [1.54, 1.807) is 12.1 Å². The third-order valence-corrected chi connectivity index (χ3v) is 5.87. The van der Waals surface area contributed by atoms with Gasteiger partial charge in [0, 0.05) is 0 Å². The van der Waals surface area contributed by atoms with Crippen molar-refractivity contribution in [1.29, 1.82) is 0 Å². The second-order valence-corrected chi connectivity index (χ2v) is 8.86. The Morgan fingerprint density at radius 3 is 2.71 bits per heavy atom. The molecule has 9 heteroatoms. The molecule has 2 N–H and O–H groups in total. The number of nitrogens with zero attached hydrogens (tertiary/aromatic N) is 1. The monoisotopic (exact) mass is 572 g/mol. The third-order valence-electron chi connectivity index (χ3n) is 3.57. The molecule has 1 saturated heterocycles. The maximum atomic E-state index is 12.3. The number of amidine groups is 1. The molecule has 3 rings (SSSR count). The van der Waals surface area contributed by atoms with Crippen molar-refractivity contribution in [3.8, 4) is 5.75 Å².